The van der Waals surface area contributed by atoms with Gasteiger partial charge in [0.05, 0.1) is 6.10 Å². The Hall–Kier alpha value is -0.120. The number of hydrogen-bond donors (Lipinski definition) is 1. The minimum Gasteiger partial charge on any atom is -0.379 e. The van der Waals surface area contributed by atoms with E-state index in [4.69, 9.17) is 10.5 Å². The summed E-state index contributed by atoms with van der Waals surface area (Å²) in [5, 5.41) is 0. The van der Waals surface area contributed by atoms with E-state index in [0.717, 1.165) is 13.1 Å². The minimum absolute atomic E-state index is 0.185. The smallest absolute Gasteiger partial charge is 0.0820 e. The minimum atomic E-state index is 0.185. The molecule has 0 aromatic carbocycles. The molecule has 62 valence electrons. The van der Waals surface area contributed by atoms with Crippen LogP contribution in [0.25, 0.3) is 0 Å². The predicted octanol–water partition coefficient (Wildman–Crippen LogP) is -0.0882. The van der Waals surface area contributed by atoms with Gasteiger partial charge in [0.25, 0.3) is 0 Å². The lowest BCUT2D eigenvalue weighted by Crippen LogP contribution is -2.35. The van der Waals surface area contributed by atoms with Crippen LogP contribution in [-0.2, 0) is 4.74 Å². The van der Waals surface area contributed by atoms with Gasteiger partial charge in [-0.3, -0.25) is 0 Å². The third-order valence-corrected chi connectivity index (χ3v) is 1.65. The fourth-order valence-electron chi connectivity index (χ4n) is 0.722. The Morgan fingerprint density at radius 1 is 1.60 bits per heavy atom. The van der Waals surface area contributed by atoms with E-state index in [2.05, 4.69) is 18.9 Å². The molecule has 0 bridgehead atoms. The largest absolute Gasteiger partial charge is 0.379 e. The van der Waals surface area contributed by atoms with Crippen LogP contribution >= 0.6 is 0 Å². The maximum Gasteiger partial charge on any atom is 0.0820 e. The van der Waals surface area contributed by atoms with E-state index in [-0.39, 0.29) is 6.10 Å². The van der Waals surface area contributed by atoms with Crippen molar-refractivity contribution in [2.24, 2.45) is 5.73 Å². The first-order valence-electron chi connectivity index (χ1n) is 3.66. The first-order valence-corrected chi connectivity index (χ1v) is 3.66. The Balaban J connectivity index is 3.41. The predicted molar refractivity (Wildman–Crippen MR) is 43.0 cm³/mol. The molecule has 0 aliphatic rings. The Labute approximate surface area is 63.1 Å². The molecule has 0 saturated heterocycles. The van der Waals surface area contributed by atoms with Crippen molar-refractivity contribution in [1.82, 2.24) is 4.90 Å². The van der Waals surface area contributed by atoms with Gasteiger partial charge in [0.2, 0.25) is 0 Å². The topological polar surface area (TPSA) is 38.5 Å². The molecule has 10 heavy (non-hydrogen) atoms. The van der Waals surface area contributed by atoms with Gasteiger partial charge in [-0.05, 0) is 13.6 Å². The SMILES string of the molecule is CCN(C)CC(CN)OC. The summed E-state index contributed by atoms with van der Waals surface area (Å²) in [4.78, 5) is 2.18. The van der Waals surface area contributed by atoms with Gasteiger partial charge in [-0.2, -0.15) is 0 Å². The van der Waals surface area contributed by atoms with Crippen LogP contribution in [0, 0.1) is 0 Å². The summed E-state index contributed by atoms with van der Waals surface area (Å²) in [5.41, 5.74) is 5.43. The van der Waals surface area contributed by atoms with E-state index >= 15 is 0 Å². The second-order valence-electron chi connectivity index (χ2n) is 2.45. The van der Waals surface area contributed by atoms with E-state index < -0.39 is 0 Å². The van der Waals surface area contributed by atoms with Gasteiger partial charge in [-0.1, -0.05) is 6.92 Å². The normalized spacial score (nSPS) is 14.1. The summed E-state index contributed by atoms with van der Waals surface area (Å²) in [6, 6.07) is 0. The number of hydrogen-bond acceptors (Lipinski definition) is 3. The van der Waals surface area contributed by atoms with Crippen LogP contribution < -0.4 is 5.73 Å². The fourth-order valence-corrected chi connectivity index (χ4v) is 0.722. The summed E-state index contributed by atoms with van der Waals surface area (Å²) in [6.45, 7) is 4.67. The van der Waals surface area contributed by atoms with Gasteiger partial charge in [0.1, 0.15) is 0 Å². The fraction of sp³-hybridized carbons (Fsp3) is 1.00. The van der Waals surface area contributed by atoms with Gasteiger partial charge in [-0.15, -0.1) is 0 Å². The molecule has 3 nitrogen and oxygen atoms in total. The summed E-state index contributed by atoms with van der Waals surface area (Å²) < 4.78 is 5.11. The van der Waals surface area contributed by atoms with Crippen LogP contribution in [0.3, 0.4) is 0 Å². The summed E-state index contributed by atoms with van der Waals surface area (Å²) in [6.07, 6.45) is 0.185. The second-order valence-corrected chi connectivity index (χ2v) is 2.45. The zero-order valence-electron chi connectivity index (χ0n) is 7.13. The third-order valence-electron chi connectivity index (χ3n) is 1.65. The molecule has 0 aliphatic carbocycles. The average Bonchev–Trinajstić information content (AvgIpc) is 1.99. The van der Waals surface area contributed by atoms with Crippen molar-refractivity contribution >= 4 is 0 Å². The third kappa shape index (κ3) is 3.82. The van der Waals surface area contributed by atoms with Crippen LogP contribution in [0.2, 0.25) is 0 Å². The molecule has 1 unspecified atom stereocenters. The average molecular weight is 146 g/mol. The lowest BCUT2D eigenvalue weighted by atomic mass is 10.3. The molecule has 0 aromatic heterocycles. The first kappa shape index (κ1) is 9.88. The molecular weight excluding hydrogens is 128 g/mol. The first-order chi connectivity index (χ1) is 4.74. The van der Waals surface area contributed by atoms with Crippen LogP contribution in [0.4, 0.5) is 0 Å². The van der Waals surface area contributed by atoms with E-state index in [0.29, 0.717) is 6.54 Å². The number of likely N-dealkylation sites (N-methyl/N-ethyl adjacent to an activating group) is 1. The Morgan fingerprint density at radius 3 is 2.50 bits per heavy atom. The van der Waals surface area contributed by atoms with Crippen LogP contribution in [0.15, 0.2) is 0 Å². The van der Waals surface area contributed by atoms with Gasteiger partial charge in [0.15, 0.2) is 0 Å². The number of ether oxygens (including phenoxy) is 1. The van der Waals surface area contributed by atoms with Gasteiger partial charge < -0.3 is 15.4 Å². The van der Waals surface area contributed by atoms with Crippen LogP contribution in [0.5, 0.6) is 0 Å². The highest BCUT2D eigenvalue weighted by Gasteiger charge is 2.05. The highest BCUT2D eigenvalue weighted by atomic mass is 16.5. The zero-order valence-corrected chi connectivity index (χ0v) is 7.13. The maximum atomic E-state index is 5.43. The molecule has 0 aliphatic heterocycles. The highest BCUT2D eigenvalue weighted by Crippen LogP contribution is 1.90. The number of nitrogens with two attached hydrogens (primary N) is 1. The maximum absolute atomic E-state index is 5.43. The van der Waals surface area contributed by atoms with Crippen molar-refractivity contribution in [3.8, 4) is 0 Å². The standard InChI is InChI=1S/C7H18N2O/c1-4-9(2)6-7(5-8)10-3/h7H,4-6,8H2,1-3H3. The van der Waals surface area contributed by atoms with Crippen molar-refractivity contribution < 1.29 is 4.74 Å². The molecule has 0 saturated carbocycles. The quantitative estimate of drug-likeness (QED) is 0.589. The lowest BCUT2D eigenvalue weighted by Gasteiger charge is -2.19. The molecule has 0 spiro atoms. The molecule has 3 heteroatoms. The monoisotopic (exact) mass is 146 g/mol. The van der Waals surface area contributed by atoms with Gasteiger partial charge in [-0.25, -0.2) is 0 Å². The Bertz CT molecular complexity index is 74.0. The van der Waals surface area contributed by atoms with Crippen molar-refractivity contribution in [2.75, 3.05) is 33.8 Å². The van der Waals surface area contributed by atoms with Gasteiger partial charge in [0, 0.05) is 20.2 Å². The molecular formula is C7H18N2O. The van der Waals surface area contributed by atoms with Crippen molar-refractivity contribution in [3.05, 3.63) is 0 Å². The lowest BCUT2D eigenvalue weighted by molar-refractivity contribution is 0.0797. The van der Waals surface area contributed by atoms with Gasteiger partial charge >= 0.3 is 0 Å². The number of methoxy groups -OCH3 is 1. The van der Waals surface area contributed by atoms with Crippen LogP contribution in [-0.4, -0.2) is 44.8 Å². The van der Waals surface area contributed by atoms with E-state index in [9.17, 15) is 0 Å². The van der Waals surface area contributed by atoms with Crippen molar-refractivity contribution in [1.29, 1.82) is 0 Å². The molecule has 0 fully saturated rings. The number of rotatable bonds is 5. The number of nitrogens with zero attached hydrogens (tertiary/aromatic N) is 1. The van der Waals surface area contributed by atoms with E-state index in [1.54, 1.807) is 7.11 Å². The molecule has 2 N–H and O–H groups in total. The summed E-state index contributed by atoms with van der Waals surface area (Å²) in [5.74, 6) is 0. The van der Waals surface area contributed by atoms with Crippen molar-refractivity contribution in [3.63, 3.8) is 0 Å². The summed E-state index contributed by atoms with van der Waals surface area (Å²) in [7, 11) is 3.75. The van der Waals surface area contributed by atoms with E-state index in [1.807, 2.05) is 0 Å². The molecule has 0 radical (unpaired) electrons. The summed E-state index contributed by atoms with van der Waals surface area (Å²) >= 11 is 0. The second kappa shape index (κ2) is 5.65. The molecule has 0 aromatic rings. The molecule has 0 heterocycles. The van der Waals surface area contributed by atoms with Crippen molar-refractivity contribution in [2.45, 2.75) is 13.0 Å². The Morgan fingerprint density at radius 2 is 2.20 bits per heavy atom. The molecule has 1 atom stereocenters. The van der Waals surface area contributed by atoms with Crippen LogP contribution in [0.1, 0.15) is 6.92 Å². The van der Waals surface area contributed by atoms with E-state index in [1.165, 1.54) is 0 Å². The highest BCUT2D eigenvalue weighted by molar-refractivity contribution is 4.61. The molecule has 0 rings (SSSR count). The molecule has 0 amide bonds. The Kier molecular flexibility index (Phi) is 5.58. The zero-order chi connectivity index (χ0) is 7.98.